The second kappa shape index (κ2) is 4.61. The molecule has 3 nitrogen and oxygen atoms in total. The highest BCUT2D eigenvalue weighted by Crippen LogP contribution is 2.31. The predicted octanol–water partition coefficient (Wildman–Crippen LogP) is 2.53. The first-order valence-corrected chi connectivity index (χ1v) is 6.34. The quantitative estimate of drug-likeness (QED) is 0.797. The highest BCUT2D eigenvalue weighted by Gasteiger charge is 2.26. The molecule has 1 aliphatic rings. The van der Waals surface area contributed by atoms with Crippen molar-refractivity contribution in [2.45, 2.75) is 18.9 Å². The van der Waals surface area contributed by atoms with Gasteiger partial charge in [0.2, 0.25) is 0 Å². The van der Waals surface area contributed by atoms with Crippen molar-refractivity contribution in [3.8, 4) is 5.75 Å². The van der Waals surface area contributed by atoms with Crippen molar-refractivity contribution >= 4 is 28.5 Å². The molecule has 0 N–H and O–H groups in total. The maximum absolute atomic E-state index is 12.0. The van der Waals surface area contributed by atoms with E-state index in [2.05, 4.69) is 22.6 Å². The number of carbonyl (C=O) groups is 1. The number of amides is 1. The highest BCUT2D eigenvalue weighted by atomic mass is 127. The largest absolute Gasteiger partial charge is 0.490 e. The van der Waals surface area contributed by atoms with Crippen LogP contribution in [0.5, 0.6) is 5.75 Å². The summed E-state index contributed by atoms with van der Waals surface area (Å²) in [5, 5.41) is 0. The summed E-state index contributed by atoms with van der Waals surface area (Å²) in [5.41, 5.74) is 0.681. The van der Waals surface area contributed by atoms with E-state index in [9.17, 15) is 4.79 Å². The average Bonchev–Trinajstić information content (AvgIpc) is 3.01. The lowest BCUT2D eigenvalue weighted by atomic mass is 10.2. The number of rotatable bonds is 3. The number of nitrogens with zero attached hydrogens (tertiary/aromatic N) is 1. The molecule has 0 spiro atoms. The number of carbonyl (C=O) groups excluding carboxylic acids is 1. The van der Waals surface area contributed by atoms with E-state index in [1.807, 2.05) is 18.2 Å². The van der Waals surface area contributed by atoms with Crippen LogP contribution in [0.3, 0.4) is 0 Å². The Balaban J connectivity index is 2.35. The van der Waals surface area contributed by atoms with Gasteiger partial charge in [-0.25, -0.2) is 0 Å². The van der Waals surface area contributed by atoms with Crippen LogP contribution < -0.4 is 4.74 Å². The Morgan fingerprint density at radius 1 is 1.44 bits per heavy atom. The Morgan fingerprint density at radius 3 is 2.69 bits per heavy atom. The van der Waals surface area contributed by atoms with Gasteiger partial charge >= 0.3 is 0 Å². The summed E-state index contributed by atoms with van der Waals surface area (Å²) in [6.45, 7) is 0. The lowest BCUT2D eigenvalue weighted by Crippen LogP contribution is -2.23. The van der Waals surface area contributed by atoms with Gasteiger partial charge in [0.05, 0.1) is 11.7 Å². The van der Waals surface area contributed by atoms with E-state index in [1.54, 1.807) is 19.0 Å². The summed E-state index contributed by atoms with van der Waals surface area (Å²) >= 11 is 2.17. The van der Waals surface area contributed by atoms with Crippen LogP contribution in [0.4, 0.5) is 0 Å². The van der Waals surface area contributed by atoms with Crippen molar-refractivity contribution in [3.05, 3.63) is 27.3 Å². The molecule has 1 aliphatic carbocycles. The molecule has 0 unspecified atom stereocenters. The van der Waals surface area contributed by atoms with E-state index in [1.165, 1.54) is 0 Å². The number of benzene rings is 1. The normalized spacial score (nSPS) is 14.7. The first kappa shape index (κ1) is 11.7. The van der Waals surface area contributed by atoms with Gasteiger partial charge in [-0.2, -0.15) is 0 Å². The maximum atomic E-state index is 12.0. The zero-order valence-electron chi connectivity index (χ0n) is 9.37. The van der Waals surface area contributed by atoms with Crippen LogP contribution in [-0.2, 0) is 0 Å². The Labute approximate surface area is 109 Å². The molecule has 0 bridgehead atoms. The summed E-state index contributed by atoms with van der Waals surface area (Å²) in [6, 6.07) is 5.72. The maximum Gasteiger partial charge on any atom is 0.258 e. The van der Waals surface area contributed by atoms with Gasteiger partial charge in [0.1, 0.15) is 5.75 Å². The Morgan fingerprint density at radius 2 is 2.12 bits per heavy atom. The van der Waals surface area contributed by atoms with Crippen molar-refractivity contribution in [2.24, 2.45) is 0 Å². The SMILES string of the molecule is CN(C)C(=O)c1c(I)cccc1OC1CC1. The van der Waals surface area contributed by atoms with Crippen LogP contribution >= 0.6 is 22.6 Å². The molecule has 1 saturated carbocycles. The molecular formula is C12H14INO2. The molecule has 2 rings (SSSR count). The van der Waals surface area contributed by atoms with Gasteiger partial charge in [-0.1, -0.05) is 6.07 Å². The van der Waals surface area contributed by atoms with Gasteiger partial charge in [-0.15, -0.1) is 0 Å². The van der Waals surface area contributed by atoms with Crippen LogP contribution in [0, 0.1) is 3.57 Å². The van der Waals surface area contributed by atoms with Crippen LogP contribution in [0.15, 0.2) is 18.2 Å². The van der Waals surface area contributed by atoms with Gasteiger partial charge < -0.3 is 9.64 Å². The van der Waals surface area contributed by atoms with Crippen molar-refractivity contribution in [3.63, 3.8) is 0 Å². The number of ether oxygens (including phenoxy) is 1. The average molecular weight is 331 g/mol. The fraction of sp³-hybridized carbons (Fsp3) is 0.417. The van der Waals surface area contributed by atoms with Crippen molar-refractivity contribution in [1.82, 2.24) is 4.90 Å². The first-order chi connectivity index (χ1) is 7.59. The highest BCUT2D eigenvalue weighted by molar-refractivity contribution is 14.1. The molecule has 0 saturated heterocycles. The molecule has 1 aromatic rings. The molecule has 16 heavy (non-hydrogen) atoms. The third-order valence-electron chi connectivity index (χ3n) is 2.41. The topological polar surface area (TPSA) is 29.5 Å². The zero-order chi connectivity index (χ0) is 11.7. The van der Waals surface area contributed by atoms with E-state index in [-0.39, 0.29) is 5.91 Å². The van der Waals surface area contributed by atoms with Crippen molar-refractivity contribution in [1.29, 1.82) is 0 Å². The minimum atomic E-state index is 0.000602. The van der Waals surface area contributed by atoms with Crippen LogP contribution in [0.1, 0.15) is 23.2 Å². The summed E-state index contributed by atoms with van der Waals surface area (Å²) in [6.07, 6.45) is 2.51. The Kier molecular flexibility index (Phi) is 3.37. The van der Waals surface area contributed by atoms with Gasteiger partial charge in [0.15, 0.2) is 0 Å². The number of hydrogen-bond donors (Lipinski definition) is 0. The van der Waals surface area contributed by atoms with E-state index in [0.717, 1.165) is 16.4 Å². The fourth-order valence-corrected chi connectivity index (χ4v) is 2.10. The van der Waals surface area contributed by atoms with E-state index >= 15 is 0 Å². The predicted molar refractivity (Wildman–Crippen MR) is 70.8 cm³/mol. The van der Waals surface area contributed by atoms with Gasteiger partial charge in [0.25, 0.3) is 5.91 Å². The Hall–Kier alpha value is -0.780. The molecule has 86 valence electrons. The lowest BCUT2D eigenvalue weighted by Gasteiger charge is -2.15. The third-order valence-corrected chi connectivity index (χ3v) is 3.31. The van der Waals surface area contributed by atoms with Crippen molar-refractivity contribution in [2.75, 3.05) is 14.1 Å². The summed E-state index contributed by atoms with van der Waals surface area (Å²) in [5.74, 6) is 0.716. The van der Waals surface area contributed by atoms with Crippen LogP contribution in [-0.4, -0.2) is 31.0 Å². The molecule has 1 amide bonds. The molecule has 0 heterocycles. The molecule has 1 fully saturated rings. The Bertz CT molecular complexity index is 413. The summed E-state index contributed by atoms with van der Waals surface area (Å²) in [7, 11) is 3.51. The smallest absolute Gasteiger partial charge is 0.258 e. The zero-order valence-corrected chi connectivity index (χ0v) is 11.5. The van der Waals surface area contributed by atoms with Gasteiger partial charge in [-0.3, -0.25) is 4.79 Å². The molecule has 0 aliphatic heterocycles. The monoisotopic (exact) mass is 331 g/mol. The molecule has 0 aromatic heterocycles. The summed E-state index contributed by atoms with van der Waals surface area (Å²) in [4.78, 5) is 13.6. The standard InChI is InChI=1S/C12H14INO2/c1-14(2)12(15)11-9(13)4-3-5-10(11)16-8-6-7-8/h3-5,8H,6-7H2,1-2H3. The van der Waals surface area contributed by atoms with Gasteiger partial charge in [-0.05, 0) is 47.6 Å². The molecular weight excluding hydrogens is 317 g/mol. The first-order valence-electron chi connectivity index (χ1n) is 5.26. The van der Waals surface area contributed by atoms with Gasteiger partial charge in [0, 0.05) is 17.7 Å². The van der Waals surface area contributed by atoms with E-state index in [0.29, 0.717) is 17.4 Å². The van der Waals surface area contributed by atoms with E-state index < -0.39 is 0 Å². The second-order valence-corrected chi connectivity index (χ2v) is 5.29. The molecule has 0 radical (unpaired) electrons. The summed E-state index contributed by atoms with van der Waals surface area (Å²) < 4.78 is 6.70. The third kappa shape index (κ3) is 2.48. The minimum Gasteiger partial charge on any atom is -0.490 e. The van der Waals surface area contributed by atoms with Crippen LogP contribution in [0.25, 0.3) is 0 Å². The molecule has 1 aromatic carbocycles. The lowest BCUT2D eigenvalue weighted by molar-refractivity contribution is 0.0821. The second-order valence-electron chi connectivity index (χ2n) is 4.13. The number of halogens is 1. The van der Waals surface area contributed by atoms with E-state index in [4.69, 9.17) is 4.74 Å². The molecule has 4 heteroatoms. The van der Waals surface area contributed by atoms with Crippen molar-refractivity contribution < 1.29 is 9.53 Å². The van der Waals surface area contributed by atoms with Crippen LogP contribution in [0.2, 0.25) is 0 Å². The molecule has 0 atom stereocenters. The fourth-order valence-electron chi connectivity index (χ4n) is 1.40. The minimum absolute atomic E-state index is 0.000602. The number of hydrogen-bond acceptors (Lipinski definition) is 2.